The van der Waals surface area contributed by atoms with Gasteiger partial charge in [-0.1, -0.05) is 19.3 Å². The highest BCUT2D eigenvalue weighted by molar-refractivity contribution is 5.99. The first-order valence-electron chi connectivity index (χ1n) is 15.6. The molecular formula is C33H35F8N5O4. The van der Waals surface area contributed by atoms with Crippen molar-refractivity contribution < 1.29 is 54.2 Å². The molecule has 0 radical (unpaired) electrons. The number of methoxy groups -OCH3 is 1. The lowest BCUT2D eigenvalue weighted by Gasteiger charge is -2.31. The number of amides is 3. The van der Waals surface area contributed by atoms with Crippen molar-refractivity contribution in [3.05, 3.63) is 77.1 Å². The minimum atomic E-state index is -5.28. The minimum Gasteiger partial charge on any atom is -0.497 e. The van der Waals surface area contributed by atoms with E-state index in [1.807, 2.05) is 0 Å². The Morgan fingerprint density at radius 1 is 0.940 bits per heavy atom. The van der Waals surface area contributed by atoms with Gasteiger partial charge < -0.3 is 19.9 Å². The first-order valence-corrected chi connectivity index (χ1v) is 15.6. The van der Waals surface area contributed by atoms with Gasteiger partial charge in [0.25, 0.3) is 0 Å². The summed E-state index contributed by atoms with van der Waals surface area (Å²) < 4.78 is 114. The van der Waals surface area contributed by atoms with Crippen LogP contribution >= 0.6 is 0 Å². The Morgan fingerprint density at radius 2 is 1.56 bits per heavy atom. The maximum Gasteiger partial charge on any atom is 0.435 e. The highest BCUT2D eigenvalue weighted by atomic mass is 19.4. The van der Waals surface area contributed by atoms with Gasteiger partial charge in [0.2, 0.25) is 17.7 Å². The Hall–Kier alpha value is -4.70. The number of halogens is 8. The summed E-state index contributed by atoms with van der Waals surface area (Å²) in [6.07, 6.45) is -7.11. The molecule has 0 aliphatic heterocycles. The number of nitrogens with zero attached hydrogens (tertiary/aromatic N) is 4. The first kappa shape index (κ1) is 38.1. The van der Waals surface area contributed by atoms with E-state index in [1.165, 1.54) is 19.1 Å². The summed E-state index contributed by atoms with van der Waals surface area (Å²) in [6.45, 7) is -2.13. The molecule has 0 spiro atoms. The standard InChI is InChI=1S/C33H35F8N5O4/c1-44(24-8-10-25(50-2)11-9-24)31(49)26(14-21-12-22(34)15-23(35)13-21)42-29(47)18-45(17-20-6-4-3-5-7-20)30(48)19-46-28(33(39,40)41)16-27(43-46)32(36,37)38/h8-13,15-16,20,26H,3-7,14,17-19H2,1-2H3,(H,42,47). The van der Waals surface area contributed by atoms with Gasteiger partial charge in [0, 0.05) is 37.8 Å². The molecule has 2 aromatic carbocycles. The molecular weight excluding hydrogens is 682 g/mol. The Bertz CT molecular complexity index is 1630. The quantitative estimate of drug-likeness (QED) is 0.232. The fourth-order valence-electron chi connectivity index (χ4n) is 5.81. The van der Waals surface area contributed by atoms with Crippen molar-refractivity contribution in [1.29, 1.82) is 0 Å². The molecule has 0 bridgehead atoms. The van der Waals surface area contributed by atoms with Gasteiger partial charge in [0.15, 0.2) is 5.69 Å². The summed E-state index contributed by atoms with van der Waals surface area (Å²) in [5.41, 5.74) is -3.26. The molecule has 272 valence electrons. The Labute approximate surface area is 282 Å². The molecule has 50 heavy (non-hydrogen) atoms. The zero-order valence-electron chi connectivity index (χ0n) is 27.1. The van der Waals surface area contributed by atoms with E-state index >= 15 is 0 Å². The monoisotopic (exact) mass is 717 g/mol. The van der Waals surface area contributed by atoms with Gasteiger partial charge >= 0.3 is 12.4 Å². The smallest absolute Gasteiger partial charge is 0.435 e. The highest BCUT2D eigenvalue weighted by Gasteiger charge is 2.42. The predicted octanol–water partition coefficient (Wildman–Crippen LogP) is 6.01. The molecule has 1 N–H and O–H groups in total. The molecule has 1 unspecified atom stereocenters. The van der Waals surface area contributed by atoms with E-state index in [0.29, 0.717) is 30.3 Å². The molecule has 3 aromatic rings. The van der Waals surface area contributed by atoms with E-state index in [1.54, 1.807) is 24.3 Å². The third-order valence-electron chi connectivity index (χ3n) is 8.32. The topological polar surface area (TPSA) is 96.8 Å². The van der Waals surface area contributed by atoms with Crippen LogP contribution in [0.5, 0.6) is 5.75 Å². The lowest BCUT2D eigenvalue weighted by Crippen LogP contribution is -2.52. The van der Waals surface area contributed by atoms with Crippen molar-refractivity contribution in [3.8, 4) is 5.75 Å². The molecule has 1 aliphatic carbocycles. The number of likely N-dealkylation sites (N-methyl/N-ethyl adjacent to an activating group) is 1. The molecule has 4 rings (SSSR count). The van der Waals surface area contributed by atoms with Crippen molar-refractivity contribution in [1.82, 2.24) is 20.0 Å². The second-order valence-electron chi connectivity index (χ2n) is 12.0. The normalized spacial score (nSPS) is 14.6. The van der Waals surface area contributed by atoms with Gasteiger partial charge in [-0.3, -0.25) is 19.1 Å². The maximum atomic E-state index is 14.0. The number of rotatable bonds is 12. The third kappa shape index (κ3) is 10.2. The van der Waals surface area contributed by atoms with Gasteiger partial charge in [0.1, 0.15) is 35.7 Å². The predicted molar refractivity (Wildman–Crippen MR) is 164 cm³/mol. The lowest BCUT2D eigenvalue weighted by molar-refractivity contribution is -0.146. The van der Waals surface area contributed by atoms with Crippen molar-refractivity contribution in [2.45, 2.75) is 63.5 Å². The maximum absolute atomic E-state index is 14.0. The number of hydrogen-bond acceptors (Lipinski definition) is 5. The van der Waals surface area contributed by atoms with Crippen molar-refractivity contribution in [2.24, 2.45) is 5.92 Å². The average molecular weight is 718 g/mol. The zero-order valence-corrected chi connectivity index (χ0v) is 27.1. The molecule has 1 atom stereocenters. The molecule has 1 saturated carbocycles. The molecule has 0 saturated heterocycles. The van der Waals surface area contributed by atoms with Crippen LogP contribution in [0.3, 0.4) is 0 Å². The number of hydrogen-bond donors (Lipinski definition) is 1. The Kier molecular flexibility index (Phi) is 12.1. The van der Waals surface area contributed by atoms with Gasteiger partial charge in [-0.2, -0.15) is 31.4 Å². The van der Waals surface area contributed by atoms with Crippen LogP contribution in [-0.4, -0.2) is 65.7 Å². The second kappa shape index (κ2) is 15.9. The van der Waals surface area contributed by atoms with Crippen molar-refractivity contribution >= 4 is 23.4 Å². The van der Waals surface area contributed by atoms with Crippen LogP contribution in [0.15, 0.2) is 48.5 Å². The highest BCUT2D eigenvalue weighted by Crippen LogP contribution is 2.35. The summed E-state index contributed by atoms with van der Waals surface area (Å²) in [7, 11) is 2.84. The fourth-order valence-corrected chi connectivity index (χ4v) is 5.81. The van der Waals surface area contributed by atoms with Crippen LogP contribution in [0, 0.1) is 17.6 Å². The minimum absolute atomic E-state index is 0.0123. The summed E-state index contributed by atoms with van der Waals surface area (Å²) >= 11 is 0. The van der Waals surface area contributed by atoms with Gasteiger partial charge in [0.05, 0.1) is 13.7 Å². The molecule has 1 fully saturated rings. The van der Waals surface area contributed by atoms with Crippen LogP contribution < -0.4 is 15.0 Å². The van der Waals surface area contributed by atoms with Crippen LogP contribution in [-0.2, 0) is 39.7 Å². The second-order valence-corrected chi connectivity index (χ2v) is 12.0. The van der Waals surface area contributed by atoms with Crippen LogP contribution in [0.2, 0.25) is 0 Å². The summed E-state index contributed by atoms with van der Waals surface area (Å²) in [5.74, 6) is -4.31. The summed E-state index contributed by atoms with van der Waals surface area (Å²) in [6, 6.07) is 7.18. The first-order chi connectivity index (χ1) is 23.4. The number of ether oxygens (including phenoxy) is 1. The molecule has 17 heteroatoms. The number of alkyl halides is 6. The summed E-state index contributed by atoms with van der Waals surface area (Å²) in [4.78, 5) is 42.8. The number of nitrogens with one attached hydrogen (secondary N) is 1. The van der Waals surface area contributed by atoms with Gasteiger partial charge in [-0.05, 0) is 60.7 Å². The van der Waals surface area contributed by atoms with Crippen LogP contribution in [0.1, 0.15) is 49.1 Å². The van der Waals surface area contributed by atoms with Gasteiger partial charge in [-0.25, -0.2) is 8.78 Å². The van der Waals surface area contributed by atoms with E-state index in [-0.39, 0.29) is 28.8 Å². The van der Waals surface area contributed by atoms with Crippen molar-refractivity contribution in [2.75, 3.05) is 32.1 Å². The fraction of sp³-hybridized carbons (Fsp3) is 0.455. The molecule has 1 aliphatic rings. The molecule has 1 aromatic heterocycles. The van der Waals surface area contributed by atoms with Crippen LogP contribution in [0.25, 0.3) is 0 Å². The number of carbonyl (C=O) groups excluding carboxylic acids is 3. The largest absolute Gasteiger partial charge is 0.497 e. The Balaban J connectivity index is 1.60. The molecule has 9 nitrogen and oxygen atoms in total. The van der Waals surface area contributed by atoms with E-state index in [0.717, 1.165) is 36.3 Å². The van der Waals surface area contributed by atoms with Gasteiger partial charge in [-0.15, -0.1) is 0 Å². The van der Waals surface area contributed by atoms with Crippen molar-refractivity contribution in [3.63, 3.8) is 0 Å². The van der Waals surface area contributed by atoms with E-state index in [4.69, 9.17) is 4.74 Å². The number of benzene rings is 2. The van der Waals surface area contributed by atoms with E-state index in [9.17, 15) is 49.5 Å². The van der Waals surface area contributed by atoms with E-state index < -0.39 is 78.6 Å². The average Bonchev–Trinajstić information content (AvgIpc) is 3.49. The SMILES string of the molecule is COc1ccc(N(C)C(=O)C(Cc2cc(F)cc(F)c2)NC(=O)CN(CC2CCCCC2)C(=O)Cn2nc(C(F)(F)F)cc2C(F)(F)F)cc1. The number of carbonyl (C=O) groups is 3. The summed E-state index contributed by atoms with van der Waals surface area (Å²) in [5, 5.41) is 5.47. The Morgan fingerprint density at radius 3 is 2.12 bits per heavy atom. The molecule has 3 amide bonds. The molecule has 1 heterocycles. The third-order valence-corrected chi connectivity index (χ3v) is 8.32. The lowest BCUT2D eigenvalue weighted by atomic mass is 9.89. The number of aromatic nitrogens is 2. The van der Waals surface area contributed by atoms with E-state index in [2.05, 4.69) is 10.4 Å². The van der Waals surface area contributed by atoms with Crippen LogP contribution in [0.4, 0.5) is 40.8 Å². The zero-order chi connectivity index (χ0) is 36.8. The number of anilines is 1.